The van der Waals surface area contributed by atoms with Crippen LogP contribution in [0.5, 0.6) is 0 Å². The van der Waals surface area contributed by atoms with Gasteiger partial charge in [-0.2, -0.15) is 0 Å². The van der Waals surface area contributed by atoms with Gasteiger partial charge in [-0.05, 0) is 91.8 Å². The predicted molar refractivity (Wildman–Crippen MR) is 128 cm³/mol. The number of carboxylic acids is 2. The fourth-order valence-corrected chi connectivity index (χ4v) is 8.98. The number of carbonyl (C=O) groups is 4. The van der Waals surface area contributed by atoms with Crippen molar-refractivity contribution in [3.8, 4) is 0 Å². The molecule has 196 valence electrons. The molecule has 1 unspecified atom stereocenters. The minimum absolute atomic E-state index is 0.0664. The van der Waals surface area contributed by atoms with Gasteiger partial charge >= 0.3 is 17.9 Å². The second-order valence-electron chi connectivity index (χ2n) is 12.5. The number of esters is 1. The molecule has 0 aliphatic heterocycles. The summed E-state index contributed by atoms with van der Waals surface area (Å²) in [5.41, 5.74) is 0.172. The average Bonchev–Trinajstić information content (AvgIpc) is 3.14. The third-order valence-corrected chi connectivity index (χ3v) is 10.8. The molecule has 4 aliphatic rings. The zero-order chi connectivity index (χ0) is 25.5. The lowest BCUT2D eigenvalue weighted by Gasteiger charge is -2.60. The number of hydrogen-bond donors (Lipinski definition) is 2. The van der Waals surface area contributed by atoms with E-state index < -0.39 is 17.9 Å². The van der Waals surface area contributed by atoms with Crippen LogP contribution in [0.25, 0.3) is 0 Å². The van der Waals surface area contributed by atoms with Gasteiger partial charge in [0.05, 0.1) is 12.8 Å². The zero-order valence-electron chi connectivity index (χ0n) is 21.5. The van der Waals surface area contributed by atoms with Gasteiger partial charge in [-0.1, -0.05) is 20.8 Å². The van der Waals surface area contributed by atoms with Gasteiger partial charge in [-0.15, -0.1) is 0 Å². The van der Waals surface area contributed by atoms with Crippen LogP contribution in [0.15, 0.2) is 0 Å². The molecule has 0 aromatic rings. The molecule has 0 saturated heterocycles. The highest BCUT2D eigenvalue weighted by molar-refractivity contribution is 5.83. The predicted octanol–water partition coefficient (Wildman–Crippen LogP) is 5.10. The van der Waals surface area contributed by atoms with Crippen molar-refractivity contribution < 1.29 is 34.1 Å². The molecule has 35 heavy (non-hydrogen) atoms. The van der Waals surface area contributed by atoms with E-state index in [4.69, 9.17) is 14.9 Å². The summed E-state index contributed by atoms with van der Waals surface area (Å²) in [5, 5.41) is 18.0. The van der Waals surface area contributed by atoms with Crippen LogP contribution in [-0.2, 0) is 23.9 Å². The SMILES string of the molecule is C[C@H](CCC(=O)O)[C@H]1CC[C@H]2[C@@H]3C(=O)CC4C[C@H](OC(=O)CCC(=O)O)CC[C@]4(C)[C@H]3CC[C@]12C. The fraction of sp³-hybridized carbons (Fsp3) is 0.857. The Balaban J connectivity index is 1.44. The summed E-state index contributed by atoms with van der Waals surface area (Å²) < 4.78 is 5.62. The monoisotopic (exact) mass is 490 g/mol. The zero-order valence-corrected chi connectivity index (χ0v) is 21.5. The van der Waals surface area contributed by atoms with Gasteiger partial charge in [0.15, 0.2) is 0 Å². The van der Waals surface area contributed by atoms with Crippen molar-refractivity contribution in [2.24, 2.45) is 46.3 Å². The van der Waals surface area contributed by atoms with Gasteiger partial charge < -0.3 is 14.9 Å². The van der Waals surface area contributed by atoms with Gasteiger partial charge in [0.1, 0.15) is 11.9 Å². The third kappa shape index (κ3) is 4.89. The van der Waals surface area contributed by atoms with E-state index in [1.165, 1.54) is 0 Å². The van der Waals surface area contributed by atoms with Crippen molar-refractivity contribution >= 4 is 23.7 Å². The van der Waals surface area contributed by atoms with Gasteiger partial charge in [0, 0.05) is 18.8 Å². The summed E-state index contributed by atoms with van der Waals surface area (Å²) in [6.07, 6.45) is 7.63. The normalized spacial score (nSPS) is 41.3. The molecule has 0 radical (unpaired) electrons. The highest BCUT2D eigenvalue weighted by Gasteiger charge is 2.63. The Morgan fingerprint density at radius 3 is 2.29 bits per heavy atom. The van der Waals surface area contributed by atoms with Crippen molar-refractivity contribution in [1.29, 1.82) is 0 Å². The molecule has 4 saturated carbocycles. The van der Waals surface area contributed by atoms with E-state index in [0.29, 0.717) is 48.7 Å². The van der Waals surface area contributed by atoms with Crippen molar-refractivity contribution in [3.05, 3.63) is 0 Å². The van der Waals surface area contributed by atoms with E-state index in [-0.39, 0.29) is 48.0 Å². The van der Waals surface area contributed by atoms with Gasteiger partial charge in [0.25, 0.3) is 0 Å². The molecule has 0 amide bonds. The Morgan fingerprint density at radius 2 is 1.60 bits per heavy atom. The topological polar surface area (TPSA) is 118 Å². The molecule has 4 fully saturated rings. The number of ketones is 1. The minimum Gasteiger partial charge on any atom is -0.481 e. The quantitative estimate of drug-likeness (QED) is 0.454. The number of aliphatic carboxylic acids is 2. The fourth-order valence-electron chi connectivity index (χ4n) is 8.98. The standard InChI is InChI=1S/C28H42O7/c1-16(4-7-23(30)31)19-5-6-20-26-21(11-13-28(19,20)3)27(2)12-10-18(14-17(27)15-22(26)29)35-25(34)9-8-24(32)33/h16-21,26H,4-15H2,1-3H3,(H,30,31)(H,32,33)/t16-,17?,18-,19-,20+,21+,26+,27+,28-/m1/s1. The molecule has 0 heterocycles. The van der Waals surface area contributed by atoms with Crippen LogP contribution >= 0.6 is 0 Å². The molecule has 0 bridgehead atoms. The van der Waals surface area contributed by atoms with Crippen LogP contribution in [0.1, 0.15) is 97.8 Å². The second-order valence-corrected chi connectivity index (χ2v) is 12.5. The maximum absolute atomic E-state index is 13.7. The first kappa shape index (κ1) is 26.2. The van der Waals surface area contributed by atoms with E-state index in [9.17, 15) is 19.2 Å². The van der Waals surface area contributed by atoms with Crippen LogP contribution in [0.4, 0.5) is 0 Å². The van der Waals surface area contributed by atoms with E-state index in [2.05, 4.69) is 20.8 Å². The molecule has 4 aliphatic carbocycles. The molecule has 4 rings (SSSR count). The smallest absolute Gasteiger partial charge is 0.306 e. The Hall–Kier alpha value is -1.92. The van der Waals surface area contributed by atoms with Crippen molar-refractivity contribution in [2.45, 2.75) is 104 Å². The minimum atomic E-state index is -1.00. The number of ether oxygens (including phenoxy) is 1. The highest BCUT2D eigenvalue weighted by Crippen LogP contribution is 2.67. The van der Waals surface area contributed by atoms with Crippen molar-refractivity contribution in [2.75, 3.05) is 0 Å². The first-order chi connectivity index (χ1) is 16.5. The number of carbonyl (C=O) groups excluding carboxylic acids is 2. The number of hydrogen-bond acceptors (Lipinski definition) is 5. The second kappa shape index (κ2) is 9.85. The Morgan fingerprint density at radius 1 is 0.943 bits per heavy atom. The molecule has 0 aromatic carbocycles. The maximum Gasteiger partial charge on any atom is 0.306 e. The Kier molecular flexibility index (Phi) is 7.36. The van der Waals surface area contributed by atoms with Gasteiger partial charge in [-0.25, -0.2) is 0 Å². The van der Waals surface area contributed by atoms with E-state index in [1.54, 1.807) is 0 Å². The number of rotatable bonds is 8. The van der Waals surface area contributed by atoms with Crippen LogP contribution in [-0.4, -0.2) is 40.0 Å². The average molecular weight is 491 g/mol. The first-order valence-electron chi connectivity index (χ1n) is 13.6. The first-order valence-corrected chi connectivity index (χ1v) is 13.6. The molecular formula is C28H42O7. The lowest BCUT2D eigenvalue weighted by Crippen LogP contribution is -2.57. The lowest BCUT2D eigenvalue weighted by atomic mass is 9.44. The Bertz CT molecular complexity index is 867. The van der Waals surface area contributed by atoms with Crippen LogP contribution in [0.2, 0.25) is 0 Å². The highest BCUT2D eigenvalue weighted by atomic mass is 16.5. The van der Waals surface area contributed by atoms with E-state index in [0.717, 1.165) is 38.5 Å². The lowest BCUT2D eigenvalue weighted by molar-refractivity contribution is -0.169. The van der Waals surface area contributed by atoms with Crippen LogP contribution in [0, 0.1) is 46.3 Å². The Labute approximate surface area is 208 Å². The third-order valence-electron chi connectivity index (χ3n) is 10.8. The summed E-state index contributed by atoms with van der Waals surface area (Å²) in [7, 11) is 0. The van der Waals surface area contributed by atoms with Gasteiger partial charge in [0.2, 0.25) is 0 Å². The number of fused-ring (bicyclic) bond motifs is 5. The van der Waals surface area contributed by atoms with Gasteiger partial charge in [-0.3, -0.25) is 19.2 Å². The summed E-state index contributed by atoms with van der Waals surface area (Å²) in [4.78, 5) is 47.6. The summed E-state index contributed by atoms with van der Waals surface area (Å²) >= 11 is 0. The van der Waals surface area contributed by atoms with E-state index >= 15 is 0 Å². The molecule has 7 nitrogen and oxygen atoms in total. The molecule has 7 heteroatoms. The number of carboxylic acid groups (broad SMARTS) is 2. The van der Waals surface area contributed by atoms with Crippen LogP contribution < -0.4 is 0 Å². The summed E-state index contributed by atoms with van der Waals surface area (Å²) in [6, 6.07) is 0. The molecule has 0 spiro atoms. The number of Topliss-reactive ketones (excluding diaryl/α,β-unsaturated/α-hetero) is 1. The maximum atomic E-state index is 13.7. The summed E-state index contributed by atoms with van der Waals surface area (Å²) in [6.45, 7) is 6.93. The van der Waals surface area contributed by atoms with E-state index in [1.807, 2.05) is 0 Å². The van der Waals surface area contributed by atoms with Crippen LogP contribution in [0.3, 0.4) is 0 Å². The molecule has 9 atom stereocenters. The molecular weight excluding hydrogens is 448 g/mol. The molecule has 2 N–H and O–H groups in total. The largest absolute Gasteiger partial charge is 0.481 e. The van der Waals surface area contributed by atoms with Crippen molar-refractivity contribution in [3.63, 3.8) is 0 Å². The molecule has 0 aromatic heterocycles. The van der Waals surface area contributed by atoms with Crippen molar-refractivity contribution in [1.82, 2.24) is 0 Å². The summed E-state index contributed by atoms with van der Waals surface area (Å²) in [5.74, 6) is 0.0758.